The Hall–Kier alpha value is -2.10. The van der Waals surface area contributed by atoms with Crippen LogP contribution in [0.1, 0.15) is 19.3 Å². The summed E-state index contributed by atoms with van der Waals surface area (Å²) >= 11 is 0. The Bertz CT molecular complexity index is 620. The minimum Gasteiger partial charge on any atom is -0.410 e. The molecule has 114 valence electrons. The second-order valence-corrected chi connectivity index (χ2v) is 6.49. The van der Waals surface area contributed by atoms with Gasteiger partial charge in [-0.05, 0) is 37.3 Å². The first kappa shape index (κ1) is 13.6. The molecule has 2 bridgehead atoms. The molecule has 2 fully saturated rings. The Morgan fingerprint density at radius 3 is 2.55 bits per heavy atom. The summed E-state index contributed by atoms with van der Waals surface area (Å²) in [5.41, 5.74) is 0. The highest BCUT2D eigenvalue weighted by atomic mass is 16.6. The van der Waals surface area contributed by atoms with Gasteiger partial charge in [-0.3, -0.25) is 4.79 Å². The number of amides is 1. The van der Waals surface area contributed by atoms with Crippen molar-refractivity contribution in [2.75, 3.05) is 6.54 Å². The van der Waals surface area contributed by atoms with E-state index < -0.39 is 0 Å². The van der Waals surface area contributed by atoms with Gasteiger partial charge >= 0.3 is 6.09 Å². The molecule has 4 aliphatic rings. The minimum absolute atomic E-state index is 0.0421. The van der Waals surface area contributed by atoms with Crippen LogP contribution in [-0.2, 0) is 4.79 Å². The van der Waals surface area contributed by atoms with E-state index in [-0.39, 0.29) is 29.9 Å². The number of fused-ring (bicyclic) bond motifs is 2. The van der Waals surface area contributed by atoms with Gasteiger partial charge < -0.3 is 9.64 Å². The molecule has 3 atom stereocenters. The number of benzene rings is 1. The maximum Gasteiger partial charge on any atom is 0.415 e. The first-order valence-electron chi connectivity index (χ1n) is 7.98. The molecule has 2 aliphatic heterocycles. The van der Waals surface area contributed by atoms with E-state index in [0.29, 0.717) is 18.1 Å². The summed E-state index contributed by atoms with van der Waals surface area (Å²) in [5.74, 6) is 1.37. The fraction of sp³-hybridized carbons (Fsp3) is 0.444. The van der Waals surface area contributed by atoms with Gasteiger partial charge in [0.15, 0.2) is 0 Å². The molecule has 4 heteroatoms. The largest absolute Gasteiger partial charge is 0.415 e. The fourth-order valence-electron chi connectivity index (χ4n) is 3.58. The summed E-state index contributed by atoms with van der Waals surface area (Å²) < 4.78 is 5.45. The molecule has 4 nitrogen and oxygen atoms in total. The van der Waals surface area contributed by atoms with Crippen molar-refractivity contribution in [3.63, 3.8) is 0 Å². The van der Waals surface area contributed by atoms with Crippen LogP contribution in [0.4, 0.5) is 4.79 Å². The number of nitrogens with zero attached hydrogens (tertiary/aromatic N) is 1. The van der Waals surface area contributed by atoms with Crippen LogP contribution >= 0.6 is 0 Å². The third-order valence-electron chi connectivity index (χ3n) is 4.87. The number of carbonyl (C=O) groups is 2. The van der Waals surface area contributed by atoms with Crippen LogP contribution in [0, 0.1) is 17.8 Å². The van der Waals surface area contributed by atoms with Crippen LogP contribution in [-0.4, -0.2) is 29.4 Å². The molecule has 0 N–H and O–H groups in total. The average Bonchev–Trinajstić information content (AvgIpc) is 3.40. The van der Waals surface area contributed by atoms with Gasteiger partial charge in [-0.2, -0.15) is 0 Å². The van der Waals surface area contributed by atoms with E-state index in [2.05, 4.69) is 6.08 Å². The molecule has 22 heavy (non-hydrogen) atoms. The molecule has 1 aromatic carbocycles. The number of para-hydroxylation sites is 1. The highest BCUT2D eigenvalue weighted by molar-refractivity contribution is 5.87. The van der Waals surface area contributed by atoms with Crippen LogP contribution in [0.3, 0.4) is 0 Å². The van der Waals surface area contributed by atoms with E-state index in [1.807, 2.05) is 24.3 Å². The van der Waals surface area contributed by atoms with E-state index in [4.69, 9.17) is 4.74 Å². The lowest BCUT2D eigenvalue weighted by atomic mass is 9.75. The Morgan fingerprint density at radius 2 is 1.86 bits per heavy atom. The summed E-state index contributed by atoms with van der Waals surface area (Å²) in [5, 5.41) is 0. The number of ether oxygens (including phenoxy) is 1. The predicted octanol–water partition coefficient (Wildman–Crippen LogP) is 3.04. The van der Waals surface area contributed by atoms with Crippen molar-refractivity contribution in [3.05, 3.63) is 42.5 Å². The van der Waals surface area contributed by atoms with Crippen LogP contribution in [0.2, 0.25) is 0 Å². The van der Waals surface area contributed by atoms with Gasteiger partial charge in [0, 0.05) is 18.4 Å². The van der Waals surface area contributed by atoms with Crippen LogP contribution in [0.15, 0.2) is 42.5 Å². The van der Waals surface area contributed by atoms with E-state index in [0.717, 1.165) is 19.3 Å². The van der Waals surface area contributed by atoms with Gasteiger partial charge in [0.2, 0.25) is 0 Å². The lowest BCUT2D eigenvalue weighted by Crippen LogP contribution is -2.55. The molecule has 0 unspecified atom stereocenters. The van der Waals surface area contributed by atoms with Gasteiger partial charge in [-0.1, -0.05) is 30.4 Å². The minimum atomic E-state index is -0.348. The zero-order valence-electron chi connectivity index (χ0n) is 12.4. The third-order valence-corrected chi connectivity index (χ3v) is 4.87. The number of piperidine rings is 1. The zero-order valence-corrected chi connectivity index (χ0v) is 12.4. The van der Waals surface area contributed by atoms with Crippen molar-refractivity contribution in [2.45, 2.75) is 25.3 Å². The Morgan fingerprint density at radius 1 is 1.09 bits per heavy atom. The van der Waals surface area contributed by atoms with E-state index in [1.54, 1.807) is 17.0 Å². The van der Waals surface area contributed by atoms with Crippen LogP contribution < -0.4 is 4.74 Å². The van der Waals surface area contributed by atoms with Gasteiger partial charge in [-0.15, -0.1) is 0 Å². The van der Waals surface area contributed by atoms with Crippen molar-refractivity contribution in [1.29, 1.82) is 0 Å². The summed E-state index contributed by atoms with van der Waals surface area (Å²) in [6.45, 7) is 0.654. The van der Waals surface area contributed by atoms with Gasteiger partial charge in [0.25, 0.3) is 0 Å². The second kappa shape index (κ2) is 5.27. The topological polar surface area (TPSA) is 46.6 Å². The normalized spacial score (nSPS) is 29.5. The fourth-order valence-corrected chi connectivity index (χ4v) is 3.58. The Kier molecular flexibility index (Phi) is 3.25. The molecule has 0 spiro atoms. The first-order valence-corrected chi connectivity index (χ1v) is 7.98. The number of Topliss-reactive ketones (excluding diaryl/α,β-unsaturated/α-hetero) is 1. The van der Waals surface area contributed by atoms with E-state index in [1.165, 1.54) is 0 Å². The van der Waals surface area contributed by atoms with Crippen molar-refractivity contribution in [1.82, 2.24) is 4.90 Å². The maximum absolute atomic E-state index is 12.5. The lowest BCUT2D eigenvalue weighted by Gasteiger charge is -2.45. The molecule has 2 aliphatic carbocycles. The van der Waals surface area contributed by atoms with Crippen LogP contribution in [0.5, 0.6) is 5.75 Å². The SMILES string of the molecule is O=C(C1CC1)[C@@H]1C[C@@H]2C=C[C@H]1N(C(=O)Oc1ccccc1)C2. The number of rotatable bonds is 3. The smallest absolute Gasteiger partial charge is 0.410 e. The number of hydrogen-bond acceptors (Lipinski definition) is 3. The van der Waals surface area contributed by atoms with Crippen molar-refractivity contribution in [2.24, 2.45) is 17.8 Å². The lowest BCUT2D eigenvalue weighted by molar-refractivity contribution is -0.127. The number of carbonyl (C=O) groups excluding carboxylic acids is 2. The molecule has 2 heterocycles. The monoisotopic (exact) mass is 297 g/mol. The highest BCUT2D eigenvalue weighted by Gasteiger charge is 2.47. The second-order valence-electron chi connectivity index (χ2n) is 6.49. The average molecular weight is 297 g/mol. The summed E-state index contributed by atoms with van der Waals surface area (Å²) in [4.78, 5) is 26.7. The predicted molar refractivity (Wildman–Crippen MR) is 81.4 cm³/mol. The van der Waals surface area contributed by atoms with E-state index in [9.17, 15) is 9.59 Å². The van der Waals surface area contributed by atoms with Gasteiger partial charge in [0.1, 0.15) is 11.5 Å². The zero-order chi connectivity index (χ0) is 15.1. The number of ketones is 1. The summed E-state index contributed by atoms with van der Waals surface area (Å²) in [6.07, 6.45) is 6.74. The van der Waals surface area contributed by atoms with Crippen molar-refractivity contribution >= 4 is 11.9 Å². The Labute approximate surface area is 129 Å². The summed E-state index contributed by atoms with van der Waals surface area (Å²) in [6, 6.07) is 8.96. The first-order chi connectivity index (χ1) is 10.7. The highest BCUT2D eigenvalue weighted by Crippen LogP contribution is 2.41. The van der Waals surface area contributed by atoms with E-state index >= 15 is 0 Å². The quantitative estimate of drug-likeness (QED) is 0.806. The van der Waals surface area contributed by atoms with Gasteiger partial charge in [-0.25, -0.2) is 4.79 Å². The third kappa shape index (κ3) is 2.43. The van der Waals surface area contributed by atoms with Gasteiger partial charge in [0.05, 0.1) is 6.04 Å². The summed E-state index contributed by atoms with van der Waals surface area (Å²) in [7, 11) is 0. The molecule has 0 aromatic heterocycles. The Balaban J connectivity index is 1.51. The molecule has 1 saturated heterocycles. The maximum atomic E-state index is 12.5. The molecule has 0 radical (unpaired) electrons. The molecule has 1 saturated carbocycles. The molecule has 5 rings (SSSR count). The molecular formula is C18H19NO3. The number of hydrogen-bond donors (Lipinski definition) is 0. The standard InChI is InChI=1S/C18H19NO3/c20-17(13-7-8-13)15-10-12-6-9-16(15)19(11-12)18(21)22-14-4-2-1-3-5-14/h1-6,9,12-13,15-16H,7-8,10-11H2/t12-,15+,16+/m0/s1. The van der Waals surface area contributed by atoms with Crippen LogP contribution in [0.25, 0.3) is 0 Å². The molecule has 1 amide bonds. The van der Waals surface area contributed by atoms with Crippen molar-refractivity contribution < 1.29 is 14.3 Å². The molecule has 1 aromatic rings. The molecular weight excluding hydrogens is 278 g/mol. The van der Waals surface area contributed by atoms with Crippen molar-refractivity contribution in [3.8, 4) is 5.75 Å².